The molecule has 1 atom stereocenters. The first kappa shape index (κ1) is 15.2. The molecule has 1 aromatic carbocycles. The van der Waals surface area contributed by atoms with Crippen molar-refractivity contribution in [3.8, 4) is 17.5 Å². The average Bonchev–Trinajstić information content (AvgIpc) is 3.29. The van der Waals surface area contributed by atoms with Crippen LogP contribution in [-0.4, -0.2) is 31.7 Å². The van der Waals surface area contributed by atoms with Crippen molar-refractivity contribution in [1.29, 1.82) is 5.26 Å². The molecule has 1 N–H and O–H groups in total. The van der Waals surface area contributed by atoms with E-state index in [4.69, 9.17) is 0 Å². The molecule has 3 rings (SSSR count). The van der Waals surface area contributed by atoms with Crippen molar-refractivity contribution < 1.29 is 4.79 Å². The van der Waals surface area contributed by atoms with E-state index in [1.165, 1.54) is 4.80 Å². The molecule has 1 aliphatic rings. The zero-order valence-electron chi connectivity index (χ0n) is 13.2. The summed E-state index contributed by atoms with van der Waals surface area (Å²) in [6, 6.07) is 9.93. The van der Waals surface area contributed by atoms with Gasteiger partial charge in [0.15, 0.2) is 0 Å². The van der Waals surface area contributed by atoms with Crippen molar-refractivity contribution in [1.82, 2.24) is 25.5 Å². The van der Waals surface area contributed by atoms with E-state index in [0.717, 1.165) is 24.0 Å². The Morgan fingerprint density at radius 2 is 2.22 bits per heavy atom. The van der Waals surface area contributed by atoms with Gasteiger partial charge in [0.2, 0.25) is 11.7 Å². The number of hydrogen-bond donors (Lipinski definition) is 1. The van der Waals surface area contributed by atoms with Crippen molar-refractivity contribution in [2.24, 2.45) is 5.92 Å². The number of hydrogen-bond acceptors (Lipinski definition) is 5. The van der Waals surface area contributed by atoms with Crippen molar-refractivity contribution in [3.05, 3.63) is 29.8 Å². The SMILES string of the molecule is Cc1ccccc1-c1nnn(CC(=O)N[C@](C)(C#N)C2CC2)n1. The van der Waals surface area contributed by atoms with Crippen molar-refractivity contribution in [2.75, 3.05) is 0 Å². The third kappa shape index (κ3) is 3.21. The number of rotatable bonds is 5. The van der Waals surface area contributed by atoms with Crippen LogP contribution in [0.2, 0.25) is 0 Å². The van der Waals surface area contributed by atoms with Gasteiger partial charge in [-0.1, -0.05) is 24.3 Å². The van der Waals surface area contributed by atoms with Gasteiger partial charge in [-0.05, 0) is 43.4 Å². The molecule has 0 bridgehead atoms. The number of nitrogens with zero attached hydrogens (tertiary/aromatic N) is 5. The summed E-state index contributed by atoms with van der Waals surface area (Å²) in [6.07, 6.45) is 1.95. The molecule has 0 spiro atoms. The Morgan fingerprint density at radius 1 is 1.48 bits per heavy atom. The Bertz CT molecular complexity index is 773. The standard InChI is InChI=1S/C16H18N6O/c1-11-5-3-4-6-13(11)15-19-21-22(20-15)9-14(23)18-16(2,10-17)12-7-8-12/h3-6,12H,7-9H2,1-2H3,(H,18,23)/t16-/m1/s1. The third-order valence-electron chi connectivity index (χ3n) is 4.15. The molecule has 1 aliphatic carbocycles. The van der Waals surface area contributed by atoms with Gasteiger partial charge in [0, 0.05) is 5.56 Å². The molecule has 0 unspecified atom stereocenters. The third-order valence-corrected chi connectivity index (χ3v) is 4.15. The molecule has 0 radical (unpaired) electrons. The molecule has 1 fully saturated rings. The Balaban J connectivity index is 1.69. The molecule has 0 aliphatic heterocycles. The predicted molar refractivity (Wildman–Crippen MR) is 82.9 cm³/mol. The molecule has 1 saturated carbocycles. The highest BCUT2D eigenvalue weighted by Crippen LogP contribution is 2.39. The Labute approximate surface area is 134 Å². The summed E-state index contributed by atoms with van der Waals surface area (Å²) >= 11 is 0. The summed E-state index contributed by atoms with van der Waals surface area (Å²) in [5.41, 5.74) is 1.12. The molecule has 7 nitrogen and oxygen atoms in total. The highest BCUT2D eigenvalue weighted by atomic mass is 16.2. The molecule has 118 valence electrons. The maximum Gasteiger partial charge on any atom is 0.244 e. The molecular weight excluding hydrogens is 292 g/mol. The second-order valence-electron chi connectivity index (χ2n) is 6.09. The van der Waals surface area contributed by atoms with Crippen molar-refractivity contribution in [3.63, 3.8) is 0 Å². The largest absolute Gasteiger partial charge is 0.336 e. The quantitative estimate of drug-likeness (QED) is 0.901. The van der Waals surface area contributed by atoms with Gasteiger partial charge in [0.1, 0.15) is 12.1 Å². The normalized spacial score (nSPS) is 16.4. The lowest BCUT2D eigenvalue weighted by Gasteiger charge is -2.22. The summed E-state index contributed by atoms with van der Waals surface area (Å²) in [4.78, 5) is 13.4. The Morgan fingerprint density at radius 3 is 2.87 bits per heavy atom. The maximum absolute atomic E-state index is 12.1. The van der Waals surface area contributed by atoms with Gasteiger partial charge in [-0.25, -0.2) is 0 Å². The van der Waals surface area contributed by atoms with Crippen LogP contribution in [0, 0.1) is 24.2 Å². The summed E-state index contributed by atoms with van der Waals surface area (Å²) in [6.45, 7) is 3.68. The van der Waals surface area contributed by atoms with Crippen molar-refractivity contribution >= 4 is 5.91 Å². The monoisotopic (exact) mass is 310 g/mol. The van der Waals surface area contributed by atoms with Crippen LogP contribution in [0.15, 0.2) is 24.3 Å². The second-order valence-corrected chi connectivity index (χ2v) is 6.09. The maximum atomic E-state index is 12.1. The van der Waals surface area contributed by atoms with Crippen LogP contribution in [0.5, 0.6) is 0 Å². The zero-order valence-corrected chi connectivity index (χ0v) is 13.2. The fraction of sp³-hybridized carbons (Fsp3) is 0.438. The number of nitrogens with one attached hydrogen (secondary N) is 1. The van der Waals surface area contributed by atoms with Crippen LogP contribution >= 0.6 is 0 Å². The molecule has 0 saturated heterocycles. The zero-order chi connectivity index (χ0) is 16.4. The van der Waals surface area contributed by atoms with Gasteiger partial charge in [0.25, 0.3) is 0 Å². The Hall–Kier alpha value is -2.75. The molecule has 2 aromatic rings. The van der Waals surface area contributed by atoms with Gasteiger partial charge < -0.3 is 5.32 Å². The van der Waals surface area contributed by atoms with E-state index in [1.807, 2.05) is 31.2 Å². The van der Waals surface area contributed by atoms with Crippen molar-refractivity contribution in [2.45, 2.75) is 38.8 Å². The number of aryl methyl sites for hydroxylation is 1. The fourth-order valence-electron chi connectivity index (χ4n) is 2.58. The molecule has 23 heavy (non-hydrogen) atoms. The van der Waals surface area contributed by atoms with Gasteiger partial charge in [-0.3, -0.25) is 4.79 Å². The van der Waals surface area contributed by atoms with E-state index in [1.54, 1.807) is 6.92 Å². The number of amides is 1. The van der Waals surface area contributed by atoms with Crippen LogP contribution in [0.4, 0.5) is 0 Å². The van der Waals surface area contributed by atoms with Crippen LogP contribution in [-0.2, 0) is 11.3 Å². The van der Waals surface area contributed by atoms with E-state index in [-0.39, 0.29) is 18.4 Å². The van der Waals surface area contributed by atoms with Gasteiger partial charge in [0.05, 0.1) is 6.07 Å². The van der Waals surface area contributed by atoms with Crippen LogP contribution < -0.4 is 5.32 Å². The first-order chi connectivity index (χ1) is 11.0. The number of aromatic nitrogens is 4. The molecule has 1 heterocycles. The predicted octanol–water partition coefficient (Wildman–Crippen LogP) is 1.46. The molecule has 1 aromatic heterocycles. The highest BCUT2D eigenvalue weighted by molar-refractivity contribution is 5.77. The summed E-state index contributed by atoms with van der Waals surface area (Å²) < 4.78 is 0. The number of tetrazole rings is 1. The smallest absolute Gasteiger partial charge is 0.244 e. The number of nitriles is 1. The van der Waals surface area contributed by atoms with Crippen LogP contribution in [0.3, 0.4) is 0 Å². The summed E-state index contributed by atoms with van der Waals surface area (Å²) in [5, 5.41) is 24.2. The van der Waals surface area contributed by atoms with Gasteiger partial charge in [-0.2, -0.15) is 10.1 Å². The molecule has 1 amide bonds. The minimum atomic E-state index is -0.809. The summed E-state index contributed by atoms with van der Waals surface area (Å²) in [5.74, 6) is 0.443. The Kier molecular flexibility index (Phi) is 3.82. The second kappa shape index (κ2) is 5.80. The van der Waals surface area contributed by atoms with E-state index in [2.05, 4.69) is 26.8 Å². The lowest BCUT2D eigenvalue weighted by molar-refractivity contribution is -0.123. The first-order valence-corrected chi connectivity index (χ1v) is 7.58. The average molecular weight is 310 g/mol. The van der Waals surface area contributed by atoms with Crippen LogP contribution in [0.1, 0.15) is 25.3 Å². The lowest BCUT2D eigenvalue weighted by Crippen LogP contribution is -2.48. The molecular formula is C16H18N6O. The topological polar surface area (TPSA) is 96.5 Å². The highest BCUT2D eigenvalue weighted by Gasteiger charge is 2.43. The number of benzene rings is 1. The van der Waals surface area contributed by atoms with E-state index < -0.39 is 5.54 Å². The van der Waals surface area contributed by atoms with E-state index in [9.17, 15) is 10.1 Å². The lowest BCUT2D eigenvalue weighted by atomic mass is 9.98. The van der Waals surface area contributed by atoms with E-state index in [0.29, 0.717) is 5.82 Å². The van der Waals surface area contributed by atoms with Crippen LogP contribution in [0.25, 0.3) is 11.4 Å². The number of carbonyl (C=O) groups excluding carboxylic acids is 1. The van der Waals surface area contributed by atoms with E-state index >= 15 is 0 Å². The first-order valence-electron chi connectivity index (χ1n) is 7.58. The molecule has 7 heteroatoms. The fourth-order valence-corrected chi connectivity index (χ4v) is 2.58. The van der Waals surface area contributed by atoms with Gasteiger partial charge >= 0.3 is 0 Å². The minimum Gasteiger partial charge on any atom is -0.336 e. The minimum absolute atomic E-state index is 0.0527. The summed E-state index contributed by atoms with van der Waals surface area (Å²) in [7, 11) is 0. The number of carbonyl (C=O) groups is 1. The van der Waals surface area contributed by atoms with Gasteiger partial charge in [-0.15, -0.1) is 10.2 Å².